The third-order valence-corrected chi connectivity index (χ3v) is 4.28. The molecule has 1 saturated carbocycles. The molecular formula is C19H32N2O8. The molecule has 0 aromatic heterocycles. The van der Waals surface area contributed by atoms with Gasteiger partial charge in [-0.3, -0.25) is 9.59 Å². The fraction of sp³-hybridized carbons (Fsp3) is 0.789. The number of esters is 2. The quantitative estimate of drug-likeness (QED) is 0.236. The van der Waals surface area contributed by atoms with Crippen LogP contribution < -0.4 is 10.6 Å². The van der Waals surface area contributed by atoms with Crippen molar-refractivity contribution in [3.8, 4) is 0 Å². The molecule has 0 aliphatic heterocycles. The number of nitrogens with one attached hydrogen (secondary N) is 2. The average molecular weight is 416 g/mol. The SMILES string of the molecule is CC(C)COC(=O)[C@@H](CO)NC(=O)C1(C(=O)N[C@H](CO)C(=O)OCC(C)C)CC1. The number of amides is 2. The summed E-state index contributed by atoms with van der Waals surface area (Å²) in [5.41, 5.74) is -1.46. The van der Waals surface area contributed by atoms with Crippen LogP contribution in [0, 0.1) is 17.3 Å². The van der Waals surface area contributed by atoms with Crippen molar-refractivity contribution in [3.63, 3.8) is 0 Å². The van der Waals surface area contributed by atoms with Gasteiger partial charge < -0.3 is 30.3 Å². The number of carbonyl (C=O) groups is 4. The van der Waals surface area contributed by atoms with E-state index >= 15 is 0 Å². The molecule has 10 heteroatoms. The number of hydrogen-bond donors (Lipinski definition) is 4. The third kappa shape index (κ3) is 7.28. The lowest BCUT2D eigenvalue weighted by atomic mass is 10.0. The van der Waals surface area contributed by atoms with Crippen molar-refractivity contribution >= 4 is 23.8 Å². The van der Waals surface area contributed by atoms with Gasteiger partial charge in [0.05, 0.1) is 26.4 Å². The molecule has 29 heavy (non-hydrogen) atoms. The molecule has 10 nitrogen and oxygen atoms in total. The standard InChI is InChI=1S/C19H32N2O8/c1-11(2)9-28-15(24)13(7-22)20-17(26)19(5-6-19)18(27)21-14(8-23)16(25)29-10-12(3)4/h11-14,22-23H,5-10H2,1-4H3,(H,20,26)(H,21,27)/t13-,14-/m1/s1. The molecule has 0 radical (unpaired) electrons. The molecule has 0 heterocycles. The zero-order valence-corrected chi connectivity index (χ0v) is 17.4. The molecule has 0 aromatic rings. The van der Waals surface area contributed by atoms with Gasteiger partial charge >= 0.3 is 11.9 Å². The molecule has 1 aliphatic rings. The fourth-order valence-corrected chi connectivity index (χ4v) is 2.33. The Morgan fingerprint density at radius 2 is 1.14 bits per heavy atom. The number of aliphatic hydroxyl groups excluding tert-OH is 2. The predicted octanol–water partition coefficient (Wildman–Crippen LogP) is -0.881. The van der Waals surface area contributed by atoms with E-state index < -0.39 is 54.5 Å². The second-order valence-electron chi connectivity index (χ2n) is 8.05. The van der Waals surface area contributed by atoms with Crippen molar-refractivity contribution < 1.29 is 38.9 Å². The smallest absolute Gasteiger partial charge is 0.331 e. The highest BCUT2D eigenvalue weighted by molar-refractivity contribution is 6.09. The van der Waals surface area contributed by atoms with Crippen LogP contribution in [0.2, 0.25) is 0 Å². The molecule has 2 atom stereocenters. The van der Waals surface area contributed by atoms with Gasteiger partial charge in [0.2, 0.25) is 11.8 Å². The lowest BCUT2D eigenvalue weighted by Gasteiger charge is -2.22. The maximum Gasteiger partial charge on any atom is 0.331 e. The molecule has 1 aliphatic carbocycles. The summed E-state index contributed by atoms with van der Waals surface area (Å²) < 4.78 is 10.0. The second-order valence-corrected chi connectivity index (χ2v) is 8.05. The summed E-state index contributed by atoms with van der Waals surface area (Å²) in [6, 6.07) is -2.59. The molecule has 0 spiro atoms. The summed E-state index contributed by atoms with van der Waals surface area (Å²) in [7, 11) is 0. The molecule has 166 valence electrons. The lowest BCUT2D eigenvalue weighted by molar-refractivity contribution is -0.153. The minimum Gasteiger partial charge on any atom is -0.464 e. The van der Waals surface area contributed by atoms with Crippen LogP contribution in [0.25, 0.3) is 0 Å². The van der Waals surface area contributed by atoms with E-state index in [1.54, 1.807) is 0 Å². The highest BCUT2D eigenvalue weighted by atomic mass is 16.5. The van der Waals surface area contributed by atoms with E-state index in [0.717, 1.165) is 0 Å². The van der Waals surface area contributed by atoms with Gasteiger partial charge in [0.15, 0.2) is 12.1 Å². The monoisotopic (exact) mass is 416 g/mol. The first-order valence-corrected chi connectivity index (χ1v) is 9.74. The Morgan fingerprint density at radius 3 is 1.38 bits per heavy atom. The van der Waals surface area contributed by atoms with Crippen LogP contribution in [-0.2, 0) is 28.7 Å². The Hall–Kier alpha value is -2.20. The van der Waals surface area contributed by atoms with Crippen LogP contribution in [0.15, 0.2) is 0 Å². The molecule has 0 unspecified atom stereocenters. The van der Waals surface area contributed by atoms with Crippen molar-refractivity contribution in [2.45, 2.75) is 52.6 Å². The van der Waals surface area contributed by atoms with E-state index in [0.29, 0.717) is 0 Å². The first-order valence-electron chi connectivity index (χ1n) is 9.74. The van der Waals surface area contributed by atoms with Gasteiger partial charge in [-0.25, -0.2) is 9.59 Å². The minimum absolute atomic E-state index is 0.0837. The molecule has 0 bridgehead atoms. The highest BCUT2D eigenvalue weighted by Gasteiger charge is 2.57. The number of carbonyl (C=O) groups excluding carboxylic acids is 4. The van der Waals surface area contributed by atoms with E-state index in [-0.39, 0.29) is 37.9 Å². The van der Waals surface area contributed by atoms with Gasteiger partial charge in [-0.1, -0.05) is 27.7 Å². The predicted molar refractivity (Wildman–Crippen MR) is 101 cm³/mol. The highest BCUT2D eigenvalue weighted by Crippen LogP contribution is 2.46. The fourth-order valence-electron chi connectivity index (χ4n) is 2.33. The van der Waals surface area contributed by atoms with Crippen molar-refractivity contribution in [2.75, 3.05) is 26.4 Å². The average Bonchev–Trinajstić information content (AvgIpc) is 3.48. The topological polar surface area (TPSA) is 151 Å². The zero-order valence-electron chi connectivity index (χ0n) is 17.4. The minimum atomic E-state index is -1.46. The van der Waals surface area contributed by atoms with Gasteiger partial charge in [-0.2, -0.15) is 0 Å². The maximum atomic E-state index is 12.6. The summed E-state index contributed by atoms with van der Waals surface area (Å²) in [4.78, 5) is 49.1. The van der Waals surface area contributed by atoms with Crippen LogP contribution in [-0.4, -0.2) is 72.5 Å². The second kappa shape index (κ2) is 11.1. The van der Waals surface area contributed by atoms with Gasteiger partial charge in [-0.05, 0) is 24.7 Å². The number of hydrogen-bond acceptors (Lipinski definition) is 8. The van der Waals surface area contributed by atoms with E-state index in [1.807, 2.05) is 27.7 Å². The largest absolute Gasteiger partial charge is 0.464 e. The molecule has 2 amide bonds. The summed E-state index contributed by atoms with van der Waals surface area (Å²) >= 11 is 0. The van der Waals surface area contributed by atoms with Crippen LogP contribution >= 0.6 is 0 Å². The number of aliphatic hydroxyl groups is 2. The van der Waals surface area contributed by atoms with E-state index in [9.17, 15) is 29.4 Å². The molecule has 1 fully saturated rings. The van der Waals surface area contributed by atoms with E-state index in [1.165, 1.54) is 0 Å². The van der Waals surface area contributed by atoms with Crippen LogP contribution in [0.1, 0.15) is 40.5 Å². The molecule has 1 rings (SSSR count). The summed E-state index contributed by atoms with van der Waals surface area (Å²) in [5, 5.41) is 23.4. The van der Waals surface area contributed by atoms with E-state index in [4.69, 9.17) is 9.47 Å². The number of rotatable bonds is 12. The number of ether oxygens (including phenoxy) is 2. The van der Waals surface area contributed by atoms with Crippen molar-refractivity contribution in [3.05, 3.63) is 0 Å². The Bertz CT molecular complexity index is 553. The van der Waals surface area contributed by atoms with Gasteiger partial charge in [-0.15, -0.1) is 0 Å². The van der Waals surface area contributed by atoms with Crippen LogP contribution in [0.4, 0.5) is 0 Å². The Kier molecular flexibility index (Phi) is 9.51. The summed E-state index contributed by atoms with van der Waals surface area (Å²) in [6.07, 6.45) is 0.423. The Labute approximate surface area is 170 Å². The van der Waals surface area contributed by atoms with E-state index in [2.05, 4.69) is 10.6 Å². The zero-order chi connectivity index (χ0) is 22.2. The Balaban J connectivity index is 2.69. The normalized spacial score (nSPS) is 16.7. The van der Waals surface area contributed by atoms with Crippen molar-refractivity contribution in [1.29, 1.82) is 0 Å². The summed E-state index contributed by atoms with van der Waals surface area (Å²) in [6.45, 7) is 6.27. The molecule has 4 N–H and O–H groups in total. The molecular weight excluding hydrogens is 384 g/mol. The van der Waals surface area contributed by atoms with Gasteiger partial charge in [0, 0.05) is 0 Å². The van der Waals surface area contributed by atoms with Crippen molar-refractivity contribution in [2.24, 2.45) is 17.3 Å². The first-order chi connectivity index (χ1) is 13.6. The van der Waals surface area contributed by atoms with Crippen LogP contribution in [0.3, 0.4) is 0 Å². The van der Waals surface area contributed by atoms with Gasteiger partial charge in [0.1, 0.15) is 5.41 Å². The van der Waals surface area contributed by atoms with Gasteiger partial charge in [0.25, 0.3) is 0 Å². The van der Waals surface area contributed by atoms with Crippen LogP contribution in [0.5, 0.6) is 0 Å². The third-order valence-electron chi connectivity index (χ3n) is 4.28. The summed E-state index contributed by atoms with van der Waals surface area (Å²) in [5.74, 6) is -2.92. The first kappa shape index (κ1) is 24.8. The molecule has 0 saturated heterocycles. The Morgan fingerprint density at radius 1 is 0.793 bits per heavy atom. The van der Waals surface area contributed by atoms with Crippen molar-refractivity contribution in [1.82, 2.24) is 10.6 Å². The maximum absolute atomic E-state index is 12.6. The lowest BCUT2D eigenvalue weighted by Crippen LogP contribution is -2.54. The molecule has 0 aromatic carbocycles.